The van der Waals surface area contributed by atoms with Crippen molar-refractivity contribution in [2.45, 2.75) is 52.2 Å². The van der Waals surface area contributed by atoms with Crippen LogP contribution in [0.1, 0.15) is 38.7 Å². The van der Waals surface area contributed by atoms with E-state index < -0.39 is 0 Å². The molecule has 2 heterocycles. The third-order valence-corrected chi connectivity index (χ3v) is 3.65. The van der Waals surface area contributed by atoms with Crippen molar-refractivity contribution < 1.29 is 0 Å². The van der Waals surface area contributed by atoms with Gasteiger partial charge in [-0.3, -0.25) is 0 Å². The summed E-state index contributed by atoms with van der Waals surface area (Å²) in [6, 6.07) is 2.78. The van der Waals surface area contributed by atoms with Gasteiger partial charge in [-0.15, -0.1) is 0 Å². The van der Waals surface area contributed by atoms with Gasteiger partial charge in [0.1, 0.15) is 0 Å². The fourth-order valence-corrected chi connectivity index (χ4v) is 2.50. The van der Waals surface area contributed by atoms with E-state index in [2.05, 4.69) is 47.1 Å². The summed E-state index contributed by atoms with van der Waals surface area (Å²) >= 11 is 0. The number of likely N-dealkylation sites (tertiary alicyclic amines) is 1. The number of hydrogen-bond donors (Lipinski definition) is 1. The highest BCUT2D eigenvalue weighted by Gasteiger charge is 2.09. The van der Waals surface area contributed by atoms with Crippen molar-refractivity contribution in [3.05, 3.63) is 24.0 Å². The Morgan fingerprint density at radius 1 is 1.17 bits per heavy atom. The average Bonchev–Trinajstić information content (AvgIpc) is 2.83. The molecular weight excluding hydrogens is 222 g/mol. The van der Waals surface area contributed by atoms with Gasteiger partial charge in [-0.05, 0) is 37.6 Å². The molecule has 0 radical (unpaired) electrons. The Bertz CT molecular complexity index is 337. The first-order valence-corrected chi connectivity index (χ1v) is 7.34. The fourth-order valence-electron chi connectivity index (χ4n) is 2.50. The zero-order valence-corrected chi connectivity index (χ0v) is 11.9. The molecule has 1 saturated heterocycles. The third kappa shape index (κ3) is 4.46. The predicted octanol–water partition coefficient (Wildman–Crippen LogP) is 2.47. The zero-order valence-electron chi connectivity index (χ0n) is 11.9. The van der Waals surface area contributed by atoms with E-state index in [0.717, 1.165) is 13.1 Å². The minimum absolute atomic E-state index is 0.557. The van der Waals surface area contributed by atoms with Gasteiger partial charge in [0.2, 0.25) is 0 Å². The molecule has 1 aromatic heterocycles. The molecule has 1 N–H and O–H groups in total. The summed E-state index contributed by atoms with van der Waals surface area (Å²) < 4.78 is 2.33. The van der Waals surface area contributed by atoms with Crippen molar-refractivity contribution in [3.63, 3.8) is 0 Å². The molecule has 1 aliphatic rings. The normalized spacial score (nSPS) is 17.5. The Hall–Kier alpha value is -0.800. The van der Waals surface area contributed by atoms with Gasteiger partial charge in [-0.25, -0.2) is 0 Å². The van der Waals surface area contributed by atoms with Gasteiger partial charge in [-0.1, -0.05) is 20.3 Å². The van der Waals surface area contributed by atoms with Crippen LogP contribution in [-0.2, 0) is 13.1 Å². The molecule has 0 spiro atoms. The Balaban J connectivity index is 1.72. The zero-order chi connectivity index (χ0) is 12.8. The Kier molecular flexibility index (Phi) is 5.26. The lowest BCUT2D eigenvalue weighted by molar-refractivity contribution is 0.221. The molecule has 3 nitrogen and oxygen atoms in total. The first-order chi connectivity index (χ1) is 8.74. The maximum absolute atomic E-state index is 3.46. The largest absolute Gasteiger partial charge is 0.353 e. The molecule has 0 unspecified atom stereocenters. The predicted molar refractivity (Wildman–Crippen MR) is 76.7 cm³/mol. The topological polar surface area (TPSA) is 20.2 Å². The van der Waals surface area contributed by atoms with Crippen molar-refractivity contribution in [3.8, 4) is 0 Å². The van der Waals surface area contributed by atoms with E-state index in [1.54, 1.807) is 0 Å². The summed E-state index contributed by atoms with van der Waals surface area (Å²) in [5.41, 5.74) is 1.39. The minimum atomic E-state index is 0.557. The lowest BCUT2D eigenvalue weighted by Crippen LogP contribution is -2.32. The molecule has 1 fully saturated rings. The van der Waals surface area contributed by atoms with E-state index in [1.165, 1.54) is 44.5 Å². The molecule has 102 valence electrons. The first kappa shape index (κ1) is 13.6. The van der Waals surface area contributed by atoms with Crippen LogP contribution in [-0.4, -0.2) is 35.1 Å². The van der Waals surface area contributed by atoms with Crippen LogP contribution >= 0.6 is 0 Å². The number of nitrogens with one attached hydrogen (secondary N) is 1. The van der Waals surface area contributed by atoms with Crippen molar-refractivity contribution in [1.29, 1.82) is 0 Å². The molecule has 0 aromatic carbocycles. The second-order valence-electron chi connectivity index (χ2n) is 5.70. The van der Waals surface area contributed by atoms with Crippen LogP contribution < -0.4 is 5.32 Å². The quantitative estimate of drug-likeness (QED) is 0.836. The van der Waals surface area contributed by atoms with Crippen LogP contribution in [0.15, 0.2) is 18.5 Å². The highest BCUT2D eigenvalue weighted by molar-refractivity contribution is 5.10. The molecule has 2 rings (SSSR count). The Labute approximate surface area is 111 Å². The first-order valence-electron chi connectivity index (χ1n) is 7.34. The molecule has 1 aliphatic heterocycles. The lowest BCUT2D eigenvalue weighted by atomic mass is 10.1. The molecule has 0 aliphatic carbocycles. The average molecular weight is 249 g/mol. The van der Waals surface area contributed by atoms with Gasteiger partial charge in [0.15, 0.2) is 0 Å². The van der Waals surface area contributed by atoms with Gasteiger partial charge in [0.25, 0.3) is 0 Å². The van der Waals surface area contributed by atoms with Crippen molar-refractivity contribution in [1.82, 2.24) is 14.8 Å². The van der Waals surface area contributed by atoms with Crippen molar-refractivity contribution in [2.75, 3.05) is 19.6 Å². The van der Waals surface area contributed by atoms with E-state index in [-0.39, 0.29) is 0 Å². The highest BCUT2D eigenvalue weighted by Crippen LogP contribution is 2.09. The maximum atomic E-state index is 3.46. The molecule has 1 aromatic rings. The summed E-state index contributed by atoms with van der Waals surface area (Å²) in [5.74, 6) is 0. The van der Waals surface area contributed by atoms with Crippen LogP contribution in [0.5, 0.6) is 0 Å². The molecule has 0 amide bonds. The highest BCUT2D eigenvalue weighted by atomic mass is 15.1. The summed E-state index contributed by atoms with van der Waals surface area (Å²) in [4.78, 5) is 2.59. The summed E-state index contributed by atoms with van der Waals surface area (Å²) in [7, 11) is 0. The number of aromatic nitrogens is 1. The van der Waals surface area contributed by atoms with Gasteiger partial charge < -0.3 is 14.8 Å². The monoisotopic (exact) mass is 249 g/mol. The second kappa shape index (κ2) is 6.95. The van der Waals surface area contributed by atoms with Crippen LogP contribution in [0.25, 0.3) is 0 Å². The van der Waals surface area contributed by atoms with E-state index in [0.29, 0.717) is 6.04 Å². The molecular formula is C15H27N3. The minimum Gasteiger partial charge on any atom is -0.353 e. The van der Waals surface area contributed by atoms with Crippen LogP contribution in [0.3, 0.4) is 0 Å². The van der Waals surface area contributed by atoms with Gasteiger partial charge in [-0.2, -0.15) is 0 Å². The van der Waals surface area contributed by atoms with Crippen LogP contribution in [0.4, 0.5) is 0 Å². The lowest BCUT2D eigenvalue weighted by Gasteiger charge is -2.26. The molecule has 18 heavy (non-hydrogen) atoms. The summed E-state index contributed by atoms with van der Waals surface area (Å²) in [6.45, 7) is 10.3. The maximum Gasteiger partial charge on any atom is 0.0347 e. The summed E-state index contributed by atoms with van der Waals surface area (Å²) in [6.07, 6.45) is 8.68. The number of piperidine rings is 1. The second-order valence-corrected chi connectivity index (χ2v) is 5.70. The molecule has 0 bridgehead atoms. The number of rotatable bonds is 6. The Morgan fingerprint density at radius 3 is 2.67 bits per heavy atom. The van der Waals surface area contributed by atoms with E-state index in [9.17, 15) is 0 Å². The molecule has 0 saturated carbocycles. The fraction of sp³-hybridized carbons (Fsp3) is 0.733. The number of hydrogen-bond acceptors (Lipinski definition) is 2. The van der Waals surface area contributed by atoms with Crippen molar-refractivity contribution in [2.24, 2.45) is 0 Å². The van der Waals surface area contributed by atoms with Gasteiger partial charge in [0.05, 0.1) is 0 Å². The van der Waals surface area contributed by atoms with Crippen LogP contribution in [0, 0.1) is 0 Å². The smallest absolute Gasteiger partial charge is 0.0347 e. The van der Waals surface area contributed by atoms with Gasteiger partial charge in [0, 0.05) is 38.1 Å². The van der Waals surface area contributed by atoms with Gasteiger partial charge >= 0.3 is 0 Å². The number of nitrogens with zero attached hydrogens (tertiary/aromatic N) is 2. The molecule has 3 heteroatoms. The summed E-state index contributed by atoms with van der Waals surface area (Å²) in [5, 5.41) is 3.46. The van der Waals surface area contributed by atoms with E-state index in [4.69, 9.17) is 0 Å². The Morgan fingerprint density at radius 2 is 1.94 bits per heavy atom. The van der Waals surface area contributed by atoms with E-state index >= 15 is 0 Å². The van der Waals surface area contributed by atoms with Crippen molar-refractivity contribution >= 4 is 0 Å². The molecule has 0 atom stereocenters. The van der Waals surface area contributed by atoms with E-state index in [1.807, 2.05) is 0 Å². The van der Waals surface area contributed by atoms with Crippen LogP contribution in [0.2, 0.25) is 0 Å². The SMILES string of the molecule is CC(C)NCc1ccn(CCN2CCCCC2)c1. The standard InChI is InChI=1S/C15H27N3/c1-14(2)16-12-15-6-9-18(13-15)11-10-17-7-4-3-5-8-17/h6,9,13-14,16H,3-5,7-8,10-12H2,1-2H3. The third-order valence-electron chi connectivity index (χ3n) is 3.65.